The average Bonchev–Trinajstić information content (AvgIpc) is 3.29. The van der Waals surface area contributed by atoms with Gasteiger partial charge in [0.25, 0.3) is 0 Å². The Hall–Kier alpha value is -2.49. The van der Waals surface area contributed by atoms with Gasteiger partial charge in [0.05, 0.1) is 16.9 Å². The maximum Gasteiger partial charge on any atom is 0.243 e. The lowest BCUT2D eigenvalue weighted by atomic mass is 10.3. The molecule has 146 valence electrons. The van der Waals surface area contributed by atoms with Crippen molar-refractivity contribution in [2.24, 2.45) is 0 Å². The van der Waals surface area contributed by atoms with E-state index in [4.69, 9.17) is 4.74 Å². The first-order chi connectivity index (χ1) is 13.6. The van der Waals surface area contributed by atoms with Crippen molar-refractivity contribution in [2.75, 3.05) is 38.2 Å². The molecule has 0 saturated carbocycles. The molecule has 3 heterocycles. The van der Waals surface area contributed by atoms with Gasteiger partial charge in [0, 0.05) is 26.2 Å². The first-order valence-corrected chi connectivity index (χ1v) is 11.2. The molecule has 1 aliphatic heterocycles. The monoisotopic (exact) mass is 416 g/mol. The number of benzene rings is 1. The van der Waals surface area contributed by atoms with Crippen LogP contribution in [-0.4, -0.2) is 56.2 Å². The molecule has 3 aromatic rings. The van der Waals surface area contributed by atoms with E-state index in [2.05, 4.69) is 15.1 Å². The number of rotatable bonds is 5. The van der Waals surface area contributed by atoms with Gasteiger partial charge in [0.1, 0.15) is 11.4 Å². The van der Waals surface area contributed by atoms with Crippen LogP contribution in [0.15, 0.2) is 58.8 Å². The minimum atomic E-state index is -3.51. The summed E-state index contributed by atoms with van der Waals surface area (Å²) < 4.78 is 32.3. The number of thiophene rings is 1. The number of hydrogen-bond donors (Lipinski definition) is 0. The van der Waals surface area contributed by atoms with Crippen molar-refractivity contribution in [3.63, 3.8) is 0 Å². The van der Waals surface area contributed by atoms with Gasteiger partial charge in [0.15, 0.2) is 5.82 Å². The summed E-state index contributed by atoms with van der Waals surface area (Å²) in [6.45, 7) is 1.95. The van der Waals surface area contributed by atoms with Crippen molar-refractivity contribution in [3.05, 3.63) is 53.9 Å². The molecule has 0 amide bonds. The van der Waals surface area contributed by atoms with Gasteiger partial charge >= 0.3 is 0 Å². The molecule has 0 aliphatic carbocycles. The normalized spacial score (nSPS) is 15.5. The van der Waals surface area contributed by atoms with Crippen LogP contribution < -0.4 is 9.64 Å². The van der Waals surface area contributed by atoms with Crippen LogP contribution in [-0.2, 0) is 10.0 Å². The summed E-state index contributed by atoms with van der Waals surface area (Å²) in [4.78, 5) is 3.42. The van der Waals surface area contributed by atoms with Gasteiger partial charge in [-0.25, -0.2) is 8.42 Å². The van der Waals surface area contributed by atoms with Crippen LogP contribution in [0.4, 0.5) is 5.82 Å². The summed E-state index contributed by atoms with van der Waals surface area (Å²) in [5.74, 6) is 1.40. The Morgan fingerprint density at radius 1 is 0.964 bits per heavy atom. The van der Waals surface area contributed by atoms with Crippen LogP contribution in [0.25, 0.3) is 10.6 Å². The fourth-order valence-electron chi connectivity index (χ4n) is 3.10. The molecule has 0 N–H and O–H groups in total. The molecule has 4 rings (SSSR count). The highest BCUT2D eigenvalue weighted by Gasteiger charge is 2.29. The van der Waals surface area contributed by atoms with Crippen LogP contribution in [0, 0.1) is 0 Å². The van der Waals surface area contributed by atoms with Gasteiger partial charge < -0.3 is 9.64 Å². The molecule has 1 aromatic carbocycles. The largest absolute Gasteiger partial charge is 0.497 e. The first-order valence-electron chi connectivity index (χ1n) is 8.85. The molecule has 0 radical (unpaired) electrons. The van der Waals surface area contributed by atoms with Crippen LogP contribution in [0.5, 0.6) is 5.75 Å². The predicted molar refractivity (Wildman–Crippen MR) is 109 cm³/mol. The summed E-state index contributed by atoms with van der Waals surface area (Å²) >= 11 is 1.62. The Morgan fingerprint density at radius 3 is 2.29 bits per heavy atom. The molecule has 1 fully saturated rings. The van der Waals surface area contributed by atoms with Crippen LogP contribution >= 0.6 is 11.3 Å². The number of piperazine rings is 1. The van der Waals surface area contributed by atoms with Gasteiger partial charge in [0.2, 0.25) is 10.0 Å². The van der Waals surface area contributed by atoms with E-state index in [1.54, 1.807) is 42.7 Å². The van der Waals surface area contributed by atoms with Crippen molar-refractivity contribution >= 4 is 27.2 Å². The standard InChI is InChI=1S/C19H20N4O3S2/c1-26-15-4-6-16(7-5-15)28(24,25)23-12-10-22(11-13-23)19-9-8-17(20-21-19)18-3-2-14-27-18/h2-9,14H,10-13H2,1H3. The van der Waals surface area contributed by atoms with Crippen LogP contribution in [0.3, 0.4) is 0 Å². The van der Waals surface area contributed by atoms with E-state index in [9.17, 15) is 8.42 Å². The minimum absolute atomic E-state index is 0.279. The van der Waals surface area contributed by atoms with Gasteiger partial charge in [-0.2, -0.15) is 4.31 Å². The number of ether oxygens (including phenoxy) is 1. The summed E-state index contributed by atoms with van der Waals surface area (Å²) in [6.07, 6.45) is 0. The number of sulfonamides is 1. The number of nitrogens with zero attached hydrogens (tertiary/aromatic N) is 4. The highest BCUT2D eigenvalue weighted by Crippen LogP contribution is 2.25. The fourth-order valence-corrected chi connectivity index (χ4v) is 5.22. The molecule has 28 heavy (non-hydrogen) atoms. The number of anilines is 1. The molecule has 0 bridgehead atoms. The number of hydrogen-bond acceptors (Lipinski definition) is 7. The van der Waals surface area contributed by atoms with Crippen molar-refractivity contribution in [2.45, 2.75) is 4.90 Å². The Kier molecular flexibility index (Phi) is 5.29. The lowest BCUT2D eigenvalue weighted by molar-refractivity contribution is 0.383. The van der Waals surface area contributed by atoms with Crippen molar-refractivity contribution < 1.29 is 13.2 Å². The van der Waals surface area contributed by atoms with Crippen molar-refractivity contribution in [3.8, 4) is 16.3 Å². The van der Waals surface area contributed by atoms with E-state index in [0.717, 1.165) is 16.4 Å². The number of aromatic nitrogens is 2. The highest BCUT2D eigenvalue weighted by molar-refractivity contribution is 7.89. The van der Waals surface area contributed by atoms with Crippen LogP contribution in [0.1, 0.15) is 0 Å². The van der Waals surface area contributed by atoms with E-state index < -0.39 is 10.0 Å². The van der Waals surface area contributed by atoms with E-state index in [0.29, 0.717) is 31.9 Å². The molecular formula is C19H20N4O3S2. The number of methoxy groups -OCH3 is 1. The zero-order valence-corrected chi connectivity index (χ0v) is 17.0. The zero-order chi connectivity index (χ0) is 19.6. The zero-order valence-electron chi connectivity index (χ0n) is 15.4. The Labute approximate surface area is 168 Å². The predicted octanol–water partition coefficient (Wildman–Crippen LogP) is 2.72. The second-order valence-corrected chi connectivity index (χ2v) is 9.21. The minimum Gasteiger partial charge on any atom is -0.497 e. The highest BCUT2D eigenvalue weighted by atomic mass is 32.2. The molecule has 7 nitrogen and oxygen atoms in total. The molecular weight excluding hydrogens is 396 g/mol. The summed E-state index contributed by atoms with van der Waals surface area (Å²) in [6, 6.07) is 14.4. The summed E-state index contributed by atoms with van der Waals surface area (Å²) in [5, 5.41) is 10.6. The lowest BCUT2D eigenvalue weighted by Crippen LogP contribution is -2.48. The Bertz CT molecular complexity index is 1010. The third-order valence-corrected chi connectivity index (χ3v) is 7.49. The quantitative estimate of drug-likeness (QED) is 0.637. The lowest BCUT2D eigenvalue weighted by Gasteiger charge is -2.34. The average molecular weight is 417 g/mol. The van der Waals surface area contributed by atoms with Gasteiger partial charge in [-0.3, -0.25) is 0 Å². The molecule has 9 heteroatoms. The van der Waals surface area contributed by atoms with Crippen LogP contribution in [0.2, 0.25) is 0 Å². The maximum atomic E-state index is 12.8. The molecule has 1 saturated heterocycles. The summed E-state index contributed by atoms with van der Waals surface area (Å²) in [5.41, 5.74) is 0.847. The van der Waals surface area contributed by atoms with Crippen molar-refractivity contribution in [1.82, 2.24) is 14.5 Å². The molecule has 0 unspecified atom stereocenters. The SMILES string of the molecule is COc1ccc(S(=O)(=O)N2CCN(c3ccc(-c4cccs4)nn3)CC2)cc1. The summed E-state index contributed by atoms with van der Waals surface area (Å²) in [7, 11) is -1.96. The molecule has 2 aromatic heterocycles. The molecule has 0 atom stereocenters. The second-order valence-electron chi connectivity index (χ2n) is 6.32. The van der Waals surface area contributed by atoms with E-state index in [1.807, 2.05) is 29.6 Å². The molecule has 0 spiro atoms. The van der Waals surface area contributed by atoms with Gasteiger partial charge in [-0.05, 0) is 47.8 Å². The van der Waals surface area contributed by atoms with E-state index in [1.165, 1.54) is 4.31 Å². The van der Waals surface area contributed by atoms with Gasteiger partial charge in [-0.1, -0.05) is 6.07 Å². The third kappa shape index (κ3) is 3.73. The fraction of sp³-hybridized carbons (Fsp3) is 0.263. The van der Waals surface area contributed by atoms with Gasteiger partial charge in [-0.15, -0.1) is 21.5 Å². The van der Waals surface area contributed by atoms with E-state index >= 15 is 0 Å². The first kappa shape index (κ1) is 18.9. The Balaban J connectivity index is 1.42. The topological polar surface area (TPSA) is 75.6 Å². The van der Waals surface area contributed by atoms with E-state index in [-0.39, 0.29) is 4.90 Å². The maximum absolute atomic E-state index is 12.8. The second kappa shape index (κ2) is 7.86. The smallest absolute Gasteiger partial charge is 0.243 e. The molecule has 1 aliphatic rings. The third-order valence-electron chi connectivity index (χ3n) is 4.68. The van der Waals surface area contributed by atoms with Crippen molar-refractivity contribution in [1.29, 1.82) is 0 Å². The Morgan fingerprint density at radius 2 is 1.71 bits per heavy atom.